The fourth-order valence-electron chi connectivity index (χ4n) is 2.23. The van der Waals surface area contributed by atoms with Crippen LogP contribution in [0.4, 0.5) is 11.4 Å². The van der Waals surface area contributed by atoms with Gasteiger partial charge in [-0.05, 0) is 37.3 Å². The lowest BCUT2D eigenvalue weighted by molar-refractivity contribution is -0.385. The molecule has 1 unspecified atom stereocenters. The number of hydrogen-bond donors (Lipinski definition) is 3. The van der Waals surface area contributed by atoms with Crippen molar-refractivity contribution in [2.24, 2.45) is 5.10 Å². The number of benzene rings is 2. The number of nitrogens with zero attached hydrogens (tertiary/aromatic N) is 2. The van der Waals surface area contributed by atoms with Gasteiger partial charge in [-0.1, -0.05) is 0 Å². The SMILES string of the molecule is COc1ccc(NC(C)C(=O)N/N=C/c2cc(OC)cc([N+](=O)[O-])c2O)cc1. The van der Waals surface area contributed by atoms with Crippen molar-refractivity contribution in [2.45, 2.75) is 13.0 Å². The normalized spacial score (nSPS) is 11.7. The number of rotatable bonds is 8. The van der Waals surface area contributed by atoms with E-state index >= 15 is 0 Å². The number of nitro groups is 1. The number of carbonyl (C=O) groups excluding carboxylic acids is 1. The topological polar surface area (TPSA) is 135 Å². The Morgan fingerprint density at radius 3 is 2.43 bits per heavy atom. The minimum atomic E-state index is -0.741. The van der Waals surface area contributed by atoms with Crippen LogP contribution in [0, 0.1) is 10.1 Å². The van der Waals surface area contributed by atoms with Crippen LogP contribution in [0.15, 0.2) is 41.5 Å². The van der Waals surface area contributed by atoms with Gasteiger partial charge in [0.1, 0.15) is 17.5 Å². The lowest BCUT2D eigenvalue weighted by atomic mass is 10.1. The molecule has 0 spiro atoms. The predicted octanol–water partition coefficient (Wildman–Crippen LogP) is 2.27. The van der Waals surface area contributed by atoms with E-state index in [1.165, 1.54) is 13.2 Å². The van der Waals surface area contributed by atoms with Crippen LogP contribution in [-0.2, 0) is 4.79 Å². The summed E-state index contributed by atoms with van der Waals surface area (Å²) in [7, 11) is 2.90. The molecule has 0 aliphatic rings. The Morgan fingerprint density at radius 2 is 1.86 bits per heavy atom. The number of amides is 1. The van der Waals surface area contributed by atoms with Crippen LogP contribution in [0.25, 0.3) is 0 Å². The fourth-order valence-corrected chi connectivity index (χ4v) is 2.23. The number of nitrogens with one attached hydrogen (secondary N) is 2. The number of methoxy groups -OCH3 is 2. The van der Waals surface area contributed by atoms with Crippen LogP contribution in [-0.4, -0.2) is 42.4 Å². The number of phenolic OH excluding ortho intramolecular Hbond substituents is 1. The van der Waals surface area contributed by atoms with Crippen molar-refractivity contribution >= 4 is 23.5 Å². The highest BCUT2D eigenvalue weighted by Crippen LogP contribution is 2.33. The van der Waals surface area contributed by atoms with Crippen molar-refractivity contribution in [2.75, 3.05) is 19.5 Å². The van der Waals surface area contributed by atoms with Crippen LogP contribution >= 0.6 is 0 Å². The smallest absolute Gasteiger partial charge is 0.315 e. The summed E-state index contributed by atoms with van der Waals surface area (Å²) in [5.74, 6) is -0.150. The average molecular weight is 388 g/mol. The number of aromatic hydroxyl groups is 1. The van der Waals surface area contributed by atoms with Gasteiger partial charge in [0.15, 0.2) is 0 Å². The molecule has 0 saturated carbocycles. The second-order valence-electron chi connectivity index (χ2n) is 5.67. The number of anilines is 1. The minimum absolute atomic E-state index is 0.0297. The van der Waals surface area contributed by atoms with Gasteiger partial charge in [-0.2, -0.15) is 5.10 Å². The van der Waals surface area contributed by atoms with Crippen molar-refractivity contribution < 1.29 is 24.3 Å². The van der Waals surface area contributed by atoms with E-state index in [2.05, 4.69) is 15.8 Å². The van der Waals surface area contributed by atoms with Gasteiger partial charge in [-0.25, -0.2) is 5.43 Å². The largest absolute Gasteiger partial charge is 0.502 e. The maximum atomic E-state index is 12.1. The Labute approximate surface area is 160 Å². The maximum Gasteiger partial charge on any atom is 0.315 e. The molecule has 0 aliphatic heterocycles. The van der Waals surface area contributed by atoms with Gasteiger partial charge in [0.2, 0.25) is 5.75 Å². The van der Waals surface area contributed by atoms with Crippen molar-refractivity contribution in [3.05, 3.63) is 52.1 Å². The van der Waals surface area contributed by atoms with Crippen LogP contribution in [0.3, 0.4) is 0 Å². The van der Waals surface area contributed by atoms with E-state index in [9.17, 15) is 20.0 Å². The second-order valence-corrected chi connectivity index (χ2v) is 5.67. The first-order valence-electron chi connectivity index (χ1n) is 8.14. The fraction of sp³-hybridized carbons (Fsp3) is 0.222. The van der Waals surface area contributed by atoms with Crippen molar-refractivity contribution in [1.82, 2.24) is 5.43 Å². The molecule has 2 rings (SSSR count). The lowest BCUT2D eigenvalue weighted by Crippen LogP contribution is -2.34. The standard InChI is InChI=1S/C18H20N4O6/c1-11(20-13-4-6-14(27-2)7-5-13)18(24)21-19-10-12-8-15(28-3)9-16(17(12)23)22(25)26/h4-11,20,23H,1-3H3,(H,21,24)/b19-10+. The number of carbonyl (C=O) groups is 1. The van der Waals surface area contributed by atoms with Crippen LogP contribution in [0.5, 0.6) is 17.2 Å². The quantitative estimate of drug-likeness (QED) is 0.358. The zero-order valence-corrected chi connectivity index (χ0v) is 15.5. The molecule has 148 valence electrons. The first-order valence-corrected chi connectivity index (χ1v) is 8.14. The van der Waals surface area contributed by atoms with Crippen LogP contribution in [0.1, 0.15) is 12.5 Å². The lowest BCUT2D eigenvalue weighted by Gasteiger charge is -2.13. The van der Waals surface area contributed by atoms with Crippen molar-refractivity contribution in [3.63, 3.8) is 0 Å². The Balaban J connectivity index is 2.04. The molecule has 2 aromatic rings. The maximum absolute atomic E-state index is 12.1. The van der Waals surface area contributed by atoms with E-state index in [1.807, 2.05) is 0 Å². The molecule has 0 bridgehead atoms. The zero-order chi connectivity index (χ0) is 20.7. The summed E-state index contributed by atoms with van der Waals surface area (Å²) >= 11 is 0. The molecule has 1 atom stereocenters. The number of hydrazone groups is 1. The molecule has 3 N–H and O–H groups in total. The number of ether oxygens (including phenoxy) is 2. The van der Waals surface area contributed by atoms with Gasteiger partial charge in [0.05, 0.1) is 31.4 Å². The van der Waals surface area contributed by atoms with Crippen molar-refractivity contribution in [3.8, 4) is 17.2 Å². The molecule has 0 aliphatic carbocycles. The molecule has 10 nitrogen and oxygen atoms in total. The van der Waals surface area contributed by atoms with E-state index in [-0.39, 0.29) is 11.3 Å². The average Bonchev–Trinajstić information content (AvgIpc) is 2.69. The molecule has 0 radical (unpaired) electrons. The molecular formula is C18H20N4O6. The molecule has 10 heteroatoms. The van der Waals surface area contributed by atoms with Crippen molar-refractivity contribution in [1.29, 1.82) is 0 Å². The second kappa shape index (κ2) is 9.21. The molecule has 0 saturated heterocycles. The highest BCUT2D eigenvalue weighted by Gasteiger charge is 2.19. The highest BCUT2D eigenvalue weighted by molar-refractivity contribution is 5.89. The van der Waals surface area contributed by atoms with E-state index in [0.29, 0.717) is 11.4 Å². The first kappa shape index (κ1) is 20.5. The molecule has 1 amide bonds. The van der Waals surface area contributed by atoms with Gasteiger partial charge in [-0.3, -0.25) is 14.9 Å². The van der Waals surface area contributed by atoms with Gasteiger partial charge >= 0.3 is 5.69 Å². The van der Waals surface area contributed by atoms with Gasteiger partial charge < -0.3 is 19.9 Å². The number of hydrogen-bond acceptors (Lipinski definition) is 8. The van der Waals surface area contributed by atoms with E-state index in [1.54, 1.807) is 38.3 Å². The van der Waals surface area contributed by atoms with E-state index in [4.69, 9.17) is 9.47 Å². The third-order valence-corrected chi connectivity index (χ3v) is 3.77. The Morgan fingerprint density at radius 1 is 1.21 bits per heavy atom. The Bertz CT molecular complexity index is 882. The van der Waals surface area contributed by atoms with Gasteiger partial charge in [0, 0.05) is 11.3 Å². The third kappa shape index (κ3) is 5.10. The van der Waals surface area contributed by atoms with Gasteiger partial charge in [0.25, 0.3) is 5.91 Å². The minimum Gasteiger partial charge on any atom is -0.502 e. The molecular weight excluding hydrogens is 368 g/mol. The Kier molecular flexibility index (Phi) is 6.74. The summed E-state index contributed by atoms with van der Waals surface area (Å²) in [6.45, 7) is 1.64. The van der Waals surface area contributed by atoms with Crippen LogP contribution in [0.2, 0.25) is 0 Å². The first-order chi connectivity index (χ1) is 13.3. The third-order valence-electron chi connectivity index (χ3n) is 3.77. The molecule has 0 fully saturated rings. The summed E-state index contributed by atoms with van der Waals surface area (Å²) < 4.78 is 10.0. The molecule has 2 aromatic carbocycles. The summed E-state index contributed by atoms with van der Waals surface area (Å²) in [4.78, 5) is 22.4. The predicted molar refractivity (Wildman–Crippen MR) is 103 cm³/mol. The zero-order valence-electron chi connectivity index (χ0n) is 15.5. The van der Waals surface area contributed by atoms with E-state index < -0.39 is 28.3 Å². The monoisotopic (exact) mass is 388 g/mol. The highest BCUT2D eigenvalue weighted by atomic mass is 16.6. The summed E-state index contributed by atoms with van der Waals surface area (Å²) in [5, 5.41) is 27.7. The van der Waals surface area contributed by atoms with Crippen LogP contribution < -0.4 is 20.2 Å². The van der Waals surface area contributed by atoms with E-state index in [0.717, 1.165) is 12.3 Å². The van der Waals surface area contributed by atoms with Gasteiger partial charge in [-0.15, -0.1) is 0 Å². The number of nitro benzene ring substituents is 1. The summed E-state index contributed by atoms with van der Waals surface area (Å²) in [6.07, 6.45) is 1.10. The number of phenols is 1. The summed E-state index contributed by atoms with van der Waals surface area (Å²) in [6, 6.07) is 8.87. The molecule has 0 heterocycles. The molecule has 28 heavy (non-hydrogen) atoms. The Hall–Kier alpha value is -3.82. The summed E-state index contributed by atoms with van der Waals surface area (Å²) in [5.41, 5.74) is 2.53. The molecule has 0 aromatic heterocycles.